The molecule has 0 radical (unpaired) electrons. The van der Waals surface area contributed by atoms with E-state index in [1.54, 1.807) is 12.5 Å². The molecule has 2 atom stereocenters. The molecular weight excluding hydrogens is 372 g/mol. The number of nitrogens with one attached hydrogen (secondary N) is 2. The van der Waals surface area contributed by atoms with Crippen molar-refractivity contribution < 1.29 is 14.3 Å². The van der Waals surface area contributed by atoms with Gasteiger partial charge >= 0.3 is 5.97 Å². The summed E-state index contributed by atoms with van der Waals surface area (Å²) in [5, 5.41) is 14.0. The largest absolute Gasteiger partial charge is 0.480 e. The maximum absolute atomic E-state index is 12.0. The minimum Gasteiger partial charge on any atom is -0.480 e. The number of carboxylic acids is 1. The quantitative estimate of drug-likeness (QED) is 0.474. The van der Waals surface area contributed by atoms with E-state index in [9.17, 15) is 9.90 Å². The number of benzene rings is 1. The average molecular weight is 392 g/mol. The second kappa shape index (κ2) is 6.77. The van der Waals surface area contributed by atoms with Crippen LogP contribution in [0, 0.1) is 12.8 Å². The molecule has 0 aliphatic carbocycles. The summed E-state index contributed by atoms with van der Waals surface area (Å²) < 4.78 is 6.04. The first-order valence-corrected chi connectivity index (χ1v) is 9.47. The maximum atomic E-state index is 12.0. The Morgan fingerprint density at radius 1 is 1.38 bits per heavy atom. The summed E-state index contributed by atoms with van der Waals surface area (Å²) in [7, 11) is 0. The number of para-hydroxylation sites is 1. The molecule has 0 spiro atoms. The number of imidazole rings is 1. The van der Waals surface area contributed by atoms with Crippen LogP contribution in [0.25, 0.3) is 22.1 Å². The predicted octanol–water partition coefficient (Wildman–Crippen LogP) is 2.80. The molecule has 0 bridgehead atoms. The van der Waals surface area contributed by atoms with Gasteiger partial charge in [-0.3, -0.25) is 0 Å². The lowest BCUT2D eigenvalue weighted by Gasteiger charge is -2.22. The van der Waals surface area contributed by atoms with Crippen LogP contribution in [0.4, 0.5) is 11.6 Å². The number of aromatic nitrogens is 4. The van der Waals surface area contributed by atoms with Gasteiger partial charge in [0.1, 0.15) is 28.8 Å². The average Bonchev–Trinajstić information content (AvgIpc) is 3.44. The van der Waals surface area contributed by atoms with Gasteiger partial charge in [-0.05, 0) is 31.4 Å². The number of aromatic amines is 1. The maximum Gasteiger partial charge on any atom is 0.326 e. The number of hydrogen-bond acceptors (Lipinski definition) is 7. The standard InChI is InChI=1S/C20H20N6O3/c1-11-24-17-13-4-2-3-5-15(13)29-18(17)19(25-11)26-9-12(6-14(26)20(27)28)7-22-16-8-21-10-23-16/h2-5,8,10,12,14,22H,6-7,9H2,1H3,(H,21,23)(H,27,28)/t12-,14+/m1/s1. The number of fused-ring (bicyclic) bond motifs is 3. The number of carbonyl (C=O) groups is 1. The van der Waals surface area contributed by atoms with Gasteiger partial charge in [-0.2, -0.15) is 0 Å². The third-order valence-electron chi connectivity index (χ3n) is 5.34. The van der Waals surface area contributed by atoms with Crippen LogP contribution >= 0.6 is 0 Å². The second-order valence-corrected chi connectivity index (χ2v) is 7.32. The van der Waals surface area contributed by atoms with Gasteiger partial charge in [-0.15, -0.1) is 0 Å². The van der Waals surface area contributed by atoms with Crippen LogP contribution in [0.1, 0.15) is 12.2 Å². The van der Waals surface area contributed by atoms with Crippen LogP contribution in [0.5, 0.6) is 0 Å². The number of anilines is 2. The van der Waals surface area contributed by atoms with Crippen molar-refractivity contribution in [3.05, 3.63) is 42.6 Å². The molecule has 1 aliphatic heterocycles. The van der Waals surface area contributed by atoms with Crippen molar-refractivity contribution in [1.29, 1.82) is 0 Å². The highest BCUT2D eigenvalue weighted by Gasteiger charge is 2.39. The van der Waals surface area contributed by atoms with Crippen LogP contribution in [0.3, 0.4) is 0 Å². The van der Waals surface area contributed by atoms with Crippen molar-refractivity contribution in [2.24, 2.45) is 5.92 Å². The number of furan rings is 1. The molecule has 9 nitrogen and oxygen atoms in total. The Hall–Kier alpha value is -3.62. The molecule has 1 aromatic carbocycles. The lowest BCUT2D eigenvalue weighted by Crippen LogP contribution is -2.36. The molecular formula is C20H20N6O3. The van der Waals surface area contributed by atoms with Crippen LogP contribution in [-0.4, -0.2) is 50.1 Å². The van der Waals surface area contributed by atoms with Crippen molar-refractivity contribution in [3.63, 3.8) is 0 Å². The molecule has 5 rings (SSSR count). The Morgan fingerprint density at radius 3 is 3.03 bits per heavy atom. The SMILES string of the molecule is Cc1nc(N2C[C@@H](CNc3cnc[nH]3)C[C@H]2C(=O)O)c2oc3ccccc3c2n1. The summed E-state index contributed by atoms with van der Waals surface area (Å²) in [5.74, 6) is 1.21. The van der Waals surface area contributed by atoms with Crippen molar-refractivity contribution in [2.45, 2.75) is 19.4 Å². The van der Waals surface area contributed by atoms with Crippen LogP contribution in [0.15, 0.2) is 41.2 Å². The predicted molar refractivity (Wildman–Crippen MR) is 108 cm³/mol. The minimum absolute atomic E-state index is 0.133. The van der Waals surface area contributed by atoms with E-state index in [1.807, 2.05) is 36.1 Å². The van der Waals surface area contributed by atoms with Crippen LogP contribution in [-0.2, 0) is 4.79 Å². The van der Waals surface area contributed by atoms with Gasteiger partial charge in [0, 0.05) is 18.5 Å². The summed E-state index contributed by atoms with van der Waals surface area (Å²) >= 11 is 0. The van der Waals surface area contributed by atoms with E-state index in [4.69, 9.17) is 4.42 Å². The van der Waals surface area contributed by atoms with E-state index in [1.165, 1.54) is 0 Å². The van der Waals surface area contributed by atoms with Crippen molar-refractivity contribution in [1.82, 2.24) is 19.9 Å². The molecule has 4 aromatic rings. The molecule has 1 aliphatic rings. The molecule has 29 heavy (non-hydrogen) atoms. The zero-order valence-electron chi connectivity index (χ0n) is 15.8. The number of aryl methyl sites for hydroxylation is 1. The van der Waals surface area contributed by atoms with E-state index in [2.05, 4.69) is 25.3 Å². The molecule has 0 saturated carbocycles. The van der Waals surface area contributed by atoms with E-state index in [-0.39, 0.29) is 5.92 Å². The third kappa shape index (κ3) is 3.04. The van der Waals surface area contributed by atoms with E-state index in [0.29, 0.717) is 47.8 Å². The third-order valence-corrected chi connectivity index (χ3v) is 5.34. The first-order valence-electron chi connectivity index (χ1n) is 9.47. The van der Waals surface area contributed by atoms with Crippen molar-refractivity contribution in [3.8, 4) is 0 Å². The Kier molecular flexibility index (Phi) is 4.08. The summed E-state index contributed by atoms with van der Waals surface area (Å²) in [6.07, 6.45) is 3.82. The highest BCUT2D eigenvalue weighted by atomic mass is 16.4. The zero-order valence-corrected chi connectivity index (χ0v) is 15.8. The summed E-state index contributed by atoms with van der Waals surface area (Å²) in [5.41, 5.74) is 1.96. The minimum atomic E-state index is -0.866. The Morgan fingerprint density at radius 2 is 2.24 bits per heavy atom. The molecule has 3 aromatic heterocycles. The fraction of sp³-hybridized carbons (Fsp3) is 0.300. The van der Waals surface area contributed by atoms with Gasteiger partial charge in [0.05, 0.1) is 12.5 Å². The van der Waals surface area contributed by atoms with E-state index >= 15 is 0 Å². The van der Waals surface area contributed by atoms with Gasteiger partial charge < -0.3 is 24.7 Å². The lowest BCUT2D eigenvalue weighted by molar-refractivity contribution is -0.138. The van der Waals surface area contributed by atoms with Gasteiger partial charge in [0.25, 0.3) is 0 Å². The lowest BCUT2D eigenvalue weighted by atomic mass is 10.1. The Bertz CT molecular complexity index is 1190. The summed E-state index contributed by atoms with van der Waals surface area (Å²) in [6.45, 7) is 3.00. The number of aliphatic carboxylic acids is 1. The topological polar surface area (TPSA) is 120 Å². The van der Waals surface area contributed by atoms with Crippen LogP contribution in [0.2, 0.25) is 0 Å². The van der Waals surface area contributed by atoms with Gasteiger partial charge in [-0.25, -0.2) is 19.7 Å². The molecule has 9 heteroatoms. The zero-order chi connectivity index (χ0) is 20.0. The molecule has 3 N–H and O–H groups in total. The number of hydrogen-bond donors (Lipinski definition) is 3. The summed E-state index contributed by atoms with van der Waals surface area (Å²) in [6, 6.07) is 6.99. The number of nitrogens with zero attached hydrogens (tertiary/aromatic N) is 4. The van der Waals surface area contributed by atoms with Gasteiger partial charge in [-0.1, -0.05) is 12.1 Å². The van der Waals surface area contributed by atoms with E-state index in [0.717, 1.165) is 11.2 Å². The Labute approximate surface area is 165 Å². The molecule has 148 valence electrons. The first kappa shape index (κ1) is 17.5. The molecule has 4 heterocycles. The van der Waals surface area contributed by atoms with Crippen LogP contribution < -0.4 is 10.2 Å². The molecule has 1 saturated heterocycles. The highest BCUT2D eigenvalue weighted by Crippen LogP contribution is 2.37. The van der Waals surface area contributed by atoms with Gasteiger partial charge in [0.2, 0.25) is 0 Å². The van der Waals surface area contributed by atoms with Crippen molar-refractivity contribution >= 4 is 39.7 Å². The Balaban J connectivity index is 1.52. The summed E-state index contributed by atoms with van der Waals surface area (Å²) in [4.78, 5) is 30.0. The monoisotopic (exact) mass is 392 g/mol. The number of H-pyrrole nitrogens is 1. The van der Waals surface area contributed by atoms with E-state index < -0.39 is 12.0 Å². The smallest absolute Gasteiger partial charge is 0.326 e. The fourth-order valence-corrected chi connectivity index (χ4v) is 4.03. The molecule has 0 unspecified atom stereocenters. The fourth-order valence-electron chi connectivity index (χ4n) is 4.03. The number of rotatable bonds is 5. The highest BCUT2D eigenvalue weighted by molar-refractivity contribution is 6.06. The normalized spacial score (nSPS) is 19.3. The van der Waals surface area contributed by atoms with Gasteiger partial charge in [0.15, 0.2) is 11.4 Å². The van der Waals surface area contributed by atoms with Crippen molar-refractivity contribution in [2.75, 3.05) is 23.3 Å². The second-order valence-electron chi connectivity index (χ2n) is 7.32. The number of carboxylic acid groups (broad SMARTS) is 1. The molecule has 1 fully saturated rings. The molecule has 0 amide bonds. The first-order chi connectivity index (χ1) is 14.1.